The van der Waals surface area contributed by atoms with Crippen LogP contribution in [-0.2, 0) is 0 Å². The number of thioether (sulfide) groups is 1. The third-order valence-electron chi connectivity index (χ3n) is 3.70. The van der Waals surface area contributed by atoms with Gasteiger partial charge >= 0.3 is 0 Å². The van der Waals surface area contributed by atoms with E-state index in [1.165, 1.54) is 0 Å². The van der Waals surface area contributed by atoms with Crippen LogP contribution < -0.4 is 10.5 Å². The van der Waals surface area contributed by atoms with Crippen molar-refractivity contribution in [3.8, 4) is 11.6 Å². The summed E-state index contributed by atoms with van der Waals surface area (Å²) in [7, 11) is 0. The average Bonchev–Trinajstić information content (AvgIpc) is 2.56. The maximum absolute atomic E-state index is 6.36. The minimum atomic E-state index is 0.00126. The molecule has 0 fully saturated rings. The second-order valence-corrected chi connectivity index (χ2v) is 8.31. The molecule has 3 rings (SSSR count). The third-order valence-corrected chi connectivity index (χ3v) is 5.00. The average molecular weight is 373 g/mol. The number of halogens is 1. The monoisotopic (exact) mass is 372 g/mol. The van der Waals surface area contributed by atoms with Crippen LogP contribution in [0.5, 0.6) is 11.6 Å². The fourth-order valence-corrected chi connectivity index (χ4v) is 3.65. The third kappa shape index (κ3) is 4.46. The van der Waals surface area contributed by atoms with E-state index in [1.54, 1.807) is 11.8 Å². The molecule has 1 aromatic heterocycles. The molecular formula is C20H21ClN2OS. The van der Waals surface area contributed by atoms with Gasteiger partial charge < -0.3 is 10.5 Å². The van der Waals surface area contributed by atoms with Crippen molar-refractivity contribution in [2.75, 3.05) is 0 Å². The summed E-state index contributed by atoms with van der Waals surface area (Å²) >= 11 is 8.12. The SMILES string of the molecule is CC(C)Sc1ccc(Oc2ccc3cc(C(C)N)ccc3n2)c(Cl)c1. The Hall–Kier alpha value is -1.75. The van der Waals surface area contributed by atoms with Gasteiger partial charge in [-0.1, -0.05) is 31.5 Å². The molecule has 0 amide bonds. The van der Waals surface area contributed by atoms with E-state index in [1.807, 2.05) is 49.4 Å². The van der Waals surface area contributed by atoms with Gasteiger partial charge in [-0.15, -0.1) is 11.8 Å². The molecule has 5 heteroatoms. The van der Waals surface area contributed by atoms with E-state index in [9.17, 15) is 0 Å². The van der Waals surface area contributed by atoms with Crippen LogP contribution >= 0.6 is 23.4 Å². The summed E-state index contributed by atoms with van der Waals surface area (Å²) in [5.74, 6) is 1.13. The second-order valence-electron chi connectivity index (χ2n) is 6.25. The summed E-state index contributed by atoms with van der Waals surface area (Å²) in [5.41, 5.74) is 7.89. The molecule has 25 heavy (non-hydrogen) atoms. The van der Waals surface area contributed by atoms with Gasteiger partial charge in [-0.3, -0.25) is 0 Å². The van der Waals surface area contributed by atoms with Crippen molar-refractivity contribution in [3.05, 3.63) is 59.1 Å². The van der Waals surface area contributed by atoms with Crippen LogP contribution in [0.25, 0.3) is 10.9 Å². The minimum Gasteiger partial charge on any atom is -0.437 e. The lowest BCUT2D eigenvalue weighted by molar-refractivity contribution is 0.465. The summed E-state index contributed by atoms with van der Waals surface area (Å²) in [4.78, 5) is 5.68. The Morgan fingerprint density at radius 1 is 1.04 bits per heavy atom. The van der Waals surface area contributed by atoms with Gasteiger partial charge in [0.1, 0.15) is 5.75 Å². The number of ether oxygens (including phenoxy) is 1. The zero-order chi connectivity index (χ0) is 18.0. The van der Waals surface area contributed by atoms with Crippen LogP contribution in [0, 0.1) is 0 Å². The maximum Gasteiger partial charge on any atom is 0.219 e. The molecule has 0 aliphatic rings. The van der Waals surface area contributed by atoms with Crippen LogP contribution in [0.1, 0.15) is 32.4 Å². The number of hydrogen-bond donors (Lipinski definition) is 1. The van der Waals surface area contributed by atoms with Crippen molar-refractivity contribution >= 4 is 34.3 Å². The molecule has 130 valence electrons. The van der Waals surface area contributed by atoms with Crippen molar-refractivity contribution in [1.29, 1.82) is 0 Å². The Labute approximate surface area is 157 Å². The van der Waals surface area contributed by atoms with Crippen molar-refractivity contribution in [1.82, 2.24) is 4.98 Å². The van der Waals surface area contributed by atoms with Crippen LogP contribution in [0.2, 0.25) is 5.02 Å². The predicted octanol–water partition coefficient (Wildman–Crippen LogP) is 6.20. The molecule has 2 aromatic carbocycles. The van der Waals surface area contributed by atoms with Crippen LogP contribution in [-0.4, -0.2) is 10.2 Å². The molecule has 3 nitrogen and oxygen atoms in total. The Bertz CT molecular complexity index is 896. The highest BCUT2D eigenvalue weighted by molar-refractivity contribution is 7.99. The topological polar surface area (TPSA) is 48.1 Å². The fourth-order valence-electron chi connectivity index (χ4n) is 2.49. The molecule has 1 heterocycles. The van der Waals surface area contributed by atoms with Gasteiger partial charge in [0, 0.05) is 27.6 Å². The first-order chi connectivity index (χ1) is 11.9. The number of hydrogen-bond acceptors (Lipinski definition) is 4. The van der Waals surface area contributed by atoms with E-state index < -0.39 is 0 Å². The number of nitrogens with two attached hydrogens (primary N) is 1. The van der Waals surface area contributed by atoms with E-state index in [-0.39, 0.29) is 6.04 Å². The van der Waals surface area contributed by atoms with E-state index in [0.29, 0.717) is 21.9 Å². The summed E-state index contributed by atoms with van der Waals surface area (Å²) in [6.07, 6.45) is 0. The van der Waals surface area contributed by atoms with E-state index >= 15 is 0 Å². The Kier molecular flexibility index (Phi) is 5.52. The van der Waals surface area contributed by atoms with Gasteiger partial charge in [-0.05, 0) is 48.9 Å². The zero-order valence-electron chi connectivity index (χ0n) is 14.5. The van der Waals surface area contributed by atoms with E-state index in [0.717, 1.165) is 21.4 Å². The van der Waals surface area contributed by atoms with Gasteiger partial charge in [0.05, 0.1) is 10.5 Å². The molecule has 0 saturated heterocycles. The molecule has 0 bridgehead atoms. The number of nitrogens with zero attached hydrogens (tertiary/aromatic N) is 1. The molecule has 1 unspecified atom stereocenters. The largest absolute Gasteiger partial charge is 0.437 e. The summed E-state index contributed by atoms with van der Waals surface area (Å²) in [6, 6.07) is 15.7. The Balaban J connectivity index is 1.84. The highest BCUT2D eigenvalue weighted by Gasteiger charge is 2.08. The summed E-state index contributed by atoms with van der Waals surface area (Å²) < 4.78 is 5.88. The lowest BCUT2D eigenvalue weighted by atomic mass is 10.1. The maximum atomic E-state index is 6.36. The molecule has 0 spiro atoms. The van der Waals surface area contributed by atoms with Crippen molar-refractivity contribution in [2.45, 2.75) is 37.0 Å². The number of rotatable bonds is 5. The van der Waals surface area contributed by atoms with E-state index in [2.05, 4.69) is 24.9 Å². The summed E-state index contributed by atoms with van der Waals surface area (Å²) in [6.45, 7) is 6.27. The Morgan fingerprint density at radius 2 is 1.84 bits per heavy atom. The molecule has 0 aliphatic carbocycles. The lowest BCUT2D eigenvalue weighted by Crippen LogP contribution is -2.04. The highest BCUT2D eigenvalue weighted by atomic mass is 35.5. The smallest absolute Gasteiger partial charge is 0.219 e. The minimum absolute atomic E-state index is 0.00126. The zero-order valence-corrected chi connectivity index (χ0v) is 16.1. The number of pyridine rings is 1. The quantitative estimate of drug-likeness (QED) is 0.541. The van der Waals surface area contributed by atoms with Crippen LogP contribution in [0.3, 0.4) is 0 Å². The molecule has 0 saturated carbocycles. The fraction of sp³-hybridized carbons (Fsp3) is 0.250. The predicted molar refractivity (Wildman–Crippen MR) is 107 cm³/mol. The molecular weight excluding hydrogens is 352 g/mol. The van der Waals surface area contributed by atoms with Gasteiger partial charge in [0.15, 0.2) is 0 Å². The molecule has 2 N–H and O–H groups in total. The number of aromatic nitrogens is 1. The summed E-state index contributed by atoms with van der Waals surface area (Å²) in [5, 5.41) is 2.13. The molecule has 3 aromatic rings. The molecule has 1 atom stereocenters. The van der Waals surface area contributed by atoms with Gasteiger partial charge in [0.2, 0.25) is 5.88 Å². The van der Waals surface area contributed by atoms with E-state index in [4.69, 9.17) is 22.1 Å². The van der Waals surface area contributed by atoms with Gasteiger partial charge in [-0.25, -0.2) is 4.98 Å². The van der Waals surface area contributed by atoms with Gasteiger partial charge in [0.25, 0.3) is 0 Å². The first-order valence-corrected chi connectivity index (χ1v) is 9.48. The van der Waals surface area contributed by atoms with Crippen LogP contribution in [0.15, 0.2) is 53.4 Å². The highest BCUT2D eigenvalue weighted by Crippen LogP contribution is 2.34. The van der Waals surface area contributed by atoms with Crippen molar-refractivity contribution in [2.24, 2.45) is 5.73 Å². The first-order valence-electron chi connectivity index (χ1n) is 8.23. The van der Waals surface area contributed by atoms with Gasteiger partial charge in [-0.2, -0.15) is 0 Å². The Morgan fingerprint density at radius 3 is 2.52 bits per heavy atom. The normalized spacial score (nSPS) is 12.6. The van der Waals surface area contributed by atoms with Crippen molar-refractivity contribution in [3.63, 3.8) is 0 Å². The number of benzene rings is 2. The standard InChI is InChI=1S/C20H21ClN2OS/c1-12(2)25-16-6-8-19(17(21)11-16)24-20-9-5-15-10-14(13(3)22)4-7-18(15)23-20/h4-13H,22H2,1-3H3. The molecule has 0 aliphatic heterocycles. The lowest BCUT2D eigenvalue weighted by Gasteiger charge is -2.11. The first kappa shape index (κ1) is 18.1. The van der Waals surface area contributed by atoms with Crippen LogP contribution in [0.4, 0.5) is 0 Å². The molecule has 0 radical (unpaired) electrons. The number of fused-ring (bicyclic) bond motifs is 1. The second kappa shape index (κ2) is 7.65. The van der Waals surface area contributed by atoms with Crippen molar-refractivity contribution < 1.29 is 4.74 Å².